The summed E-state index contributed by atoms with van der Waals surface area (Å²) in [5.41, 5.74) is -0.00539. The van der Waals surface area contributed by atoms with Crippen LogP contribution in [0.4, 0.5) is 0 Å². The number of ether oxygens (including phenoxy) is 2. The van der Waals surface area contributed by atoms with Crippen LogP contribution in [0.2, 0.25) is 0 Å². The van der Waals surface area contributed by atoms with Crippen molar-refractivity contribution in [3.05, 3.63) is 35.9 Å². The SMILES string of the molecule is COC(=O)C1(C)CC2CC(C)(C(=O)OC)CC(c3ccccc3)(C2)C1. The summed E-state index contributed by atoms with van der Waals surface area (Å²) >= 11 is 0. The first kappa shape index (κ1) is 18.0. The Hall–Kier alpha value is -1.84. The minimum atomic E-state index is -0.509. The topological polar surface area (TPSA) is 52.6 Å². The highest BCUT2D eigenvalue weighted by Gasteiger charge is 2.58. The molecular weight excluding hydrogens is 316 g/mol. The van der Waals surface area contributed by atoms with E-state index < -0.39 is 10.8 Å². The molecule has 0 aliphatic heterocycles. The Labute approximate surface area is 149 Å². The maximum Gasteiger partial charge on any atom is 0.311 e. The van der Waals surface area contributed by atoms with Crippen molar-refractivity contribution in [2.24, 2.45) is 16.7 Å². The average molecular weight is 344 g/mol. The van der Waals surface area contributed by atoms with Crippen LogP contribution in [0.15, 0.2) is 30.3 Å². The number of carbonyl (C=O) groups excluding carboxylic acids is 2. The molecule has 3 rings (SSSR count). The van der Waals surface area contributed by atoms with Crippen LogP contribution in [0.25, 0.3) is 0 Å². The zero-order valence-electron chi connectivity index (χ0n) is 15.6. The highest BCUT2D eigenvalue weighted by molar-refractivity contribution is 5.78. The van der Waals surface area contributed by atoms with Gasteiger partial charge in [0.2, 0.25) is 0 Å². The summed E-state index contributed by atoms with van der Waals surface area (Å²) in [7, 11) is 2.93. The molecule has 4 heteroatoms. The Kier molecular flexibility index (Phi) is 4.42. The second-order valence-electron chi connectivity index (χ2n) is 8.58. The summed E-state index contributed by atoms with van der Waals surface area (Å²) < 4.78 is 10.3. The van der Waals surface area contributed by atoms with Crippen LogP contribution >= 0.6 is 0 Å². The van der Waals surface area contributed by atoms with Crippen LogP contribution in [0, 0.1) is 16.7 Å². The summed E-state index contributed by atoms with van der Waals surface area (Å²) in [6.45, 7) is 4.03. The zero-order valence-corrected chi connectivity index (χ0v) is 15.6. The lowest BCUT2D eigenvalue weighted by Gasteiger charge is -2.56. The molecule has 0 N–H and O–H groups in total. The molecule has 1 aromatic rings. The van der Waals surface area contributed by atoms with E-state index in [1.807, 2.05) is 32.0 Å². The van der Waals surface area contributed by atoms with Gasteiger partial charge in [0, 0.05) is 0 Å². The first-order chi connectivity index (χ1) is 11.8. The van der Waals surface area contributed by atoms with Gasteiger partial charge in [-0.05, 0) is 62.8 Å². The Bertz CT molecular complexity index is 634. The molecule has 136 valence electrons. The molecule has 0 amide bonds. The molecule has 2 aliphatic rings. The summed E-state index contributed by atoms with van der Waals surface area (Å²) in [5, 5.41) is 0. The molecule has 25 heavy (non-hydrogen) atoms. The maximum absolute atomic E-state index is 12.5. The van der Waals surface area contributed by atoms with E-state index in [-0.39, 0.29) is 17.4 Å². The van der Waals surface area contributed by atoms with Gasteiger partial charge in [-0.2, -0.15) is 0 Å². The summed E-state index contributed by atoms with van der Waals surface area (Å²) in [5.74, 6) is 0.0225. The van der Waals surface area contributed by atoms with Crippen molar-refractivity contribution in [1.82, 2.24) is 0 Å². The second kappa shape index (κ2) is 6.15. The third-order valence-corrected chi connectivity index (χ3v) is 6.36. The van der Waals surface area contributed by atoms with Gasteiger partial charge in [0.15, 0.2) is 0 Å². The maximum atomic E-state index is 12.5. The van der Waals surface area contributed by atoms with Crippen LogP contribution in [-0.4, -0.2) is 26.2 Å². The van der Waals surface area contributed by atoms with Gasteiger partial charge in [-0.15, -0.1) is 0 Å². The van der Waals surface area contributed by atoms with Gasteiger partial charge in [-0.3, -0.25) is 9.59 Å². The van der Waals surface area contributed by atoms with Gasteiger partial charge in [0.1, 0.15) is 0 Å². The zero-order chi connectivity index (χ0) is 18.3. The fourth-order valence-electron chi connectivity index (χ4n) is 5.81. The van der Waals surface area contributed by atoms with Gasteiger partial charge in [0.25, 0.3) is 0 Å². The average Bonchev–Trinajstić information content (AvgIpc) is 2.59. The molecule has 4 nitrogen and oxygen atoms in total. The number of hydrogen-bond acceptors (Lipinski definition) is 4. The normalized spacial score (nSPS) is 37.2. The molecular formula is C21H28O4. The standard InChI is InChI=1S/C21H28O4/c1-19(17(22)24-3)10-15-11-20(2,18(23)25-4)14-21(12-15,13-19)16-8-6-5-7-9-16/h5-9,15H,10-14H2,1-4H3. The number of fused-ring (bicyclic) bond motifs is 2. The molecule has 2 aliphatic carbocycles. The first-order valence-corrected chi connectivity index (χ1v) is 8.99. The highest BCUT2D eigenvalue weighted by atomic mass is 16.5. The largest absolute Gasteiger partial charge is 0.469 e. The predicted octanol–water partition coefficient (Wildman–Crippen LogP) is 3.88. The number of esters is 2. The quantitative estimate of drug-likeness (QED) is 0.781. The van der Waals surface area contributed by atoms with Crippen LogP contribution in [0.1, 0.15) is 51.5 Å². The lowest BCUT2D eigenvalue weighted by atomic mass is 9.47. The van der Waals surface area contributed by atoms with Crippen LogP contribution in [0.5, 0.6) is 0 Å². The highest BCUT2D eigenvalue weighted by Crippen LogP contribution is 2.61. The van der Waals surface area contributed by atoms with Crippen molar-refractivity contribution >= 4 is 11.9 Å². The van der Waals surface area contributed by atoms with E-state index in [1.54, 1.807) is 0 Å². The fraction of sp³-hybridized carbons (Fsp3) is 0.619. The molecule has 2 bridgehead atoms. The van der Waals surface area contributed by atoms with Crippen LogP contribution in [0.3, 0.4) is 0 Å². The molecule has 0 heterocycles. The van der Waals surface area contributed by atoms with E-state index in [2.05, 4.69) is 12.1 Å². The monoisotopic (exact) mass is 344 g/mol. The number of benzene rings is 1. The summed E-state index contributed by atoms with van der Waals surface area (Å²) in [6.07, 6.45) is 3.96. The molecule has 0 saturated heterocycles. The van der Waals surface area contributed by atoms with E-state index in [4.69, 9.17) is 9.47 Å². The molecule has 2 saturated carbocycles. The third kappa shape index (κ3) is 2.96. The number of rotatable bonds is 3. The molecule has 0 radical (unpaired) electrons. The Morgan fingerprint density at radius 3 is 1.80 bits per heavy atom. The summed E-state index contributed by atoms with van der Waals surface area (Å²) in [4.78, 5) is 25.1. The van der Waals surface area contributed by atoms with Crippen molar-refractivity contribution in [1.29, 1.82) is 0 Å². The smallest absolute Gasteiger partial charge is 0.311 e. The second-order valence-corrected chi connectivity index (χ2v) is 8.58. The first-order valence-electron chi connectivity index (χ1n) is 8.99. The van der Waals surface area contributed by atoms with E-state index in [1.165, 1.54) is 19.8 Å². The Morgan fingerprint density at radius 2 is 1.36 bits per heavy atom. The van der Waals surface area contributed by atoms with E-state index in [0.29, 0.717) is 18.8 Å². The van der Waals surface area contributed by atoms with E-state index in [0.717, 1.165) is 19.3 Å². The van der Waals surface area contributed by atoms with Gasteiger partial charge >= 0.3 is 11.9 Å². The molecule has 2 atom stereocenters. The van der Waals surface area contributed by atoms with Crippen molar-refractivity contribution < 1.29 is 19.1 Å². The Morgan fingerprint density at radius 1 is 0.880 bits per heavy atom. The fourth-order valence-corrected chi connectivity index (χ4v) is 5.81. The van der Waals surface area contributed by atoms with Gasteiger partial charge in [-0.1, -0.05) is 30.3 Å². The third-order valence-electron chi connectivity index (χ3n) is 6.36. The number of hydrogen-bond donors (Lipinski definition) is 0. The van der Waals surface area contributed by atoms with Crippen LogP contribution < -0.4 is 0 Å². The summed E-state index contributed by atoms with van der Waals surface area (Å²) in [6, 6.07) is 10.3. The number of methoxy groups -OCH3 is 2. The minimum Gasteiger partial charge on any atom is -0.469 e. The van der Waals surface area contributed by atoms with Gasteiger partial charge < -0.3 is 9.47 Å². The lowest BCUT2D eigenvalue weighted by molar-refractivity contribution is -0.166. The van der Waals surface area contributed by atoms with Crippen molar-refractivity contribution in [3.8, 4) is 0 Å². The van der Waals surface area contributed by atoms with Crippen LogP contribution in [-0.2, 0) is 24.5 Å². The van der Waals surface area contributed by atoms with Crippen molar-refractivity contribution in [2.45, 2.75) is 51.4 Å². The molecule has 1 aromatic carbocycles. The predicted molar refractivity (Wildman–Crippen MR) is 94.9 cm³/mol. The van der Waals surface area contributed by atoms with Crippen molar-refractivity contribution in [2.75, 3.05) is 14.2 Å². The molecule has 0 spiro atoms. The van der Waals surface area contributed by atoms with Gasteiger partial charge in [0.05, 0.1) is 25.0 Å². The Balaban J connectivity index is 2.07. The minimum absolute atomic E-state index is 0.140. The molecule has 2 fully saturated rings. The molecule has 2 unspecified atom stereocenters. The van der Waals surface area contributed by atoms with E-state index >= 15 is 0 Å². The van der Waals surface area contributed by atoms with Crippen molar-refractivity contribution in [3.63, 3.8) is 0 Å². The van der Waals surface area contributed by atoms with E-state index in [9.17, 15) is 9.59 Å². The number of carbonyl (C=O) groups is 2. The molecule has 0 aromatic heterocycles. The van der Waals surface area contributed by atoms with Gasteiger partial charge in [-0.25, -0.2) is 0 Å². The lowest BCUT2D eigenvalue weighted by Crippen LogP contribution is -2.54.